The van der Waals surface area contributed by atoms with Gasteiger partial charge in [-0.3, -0.25) is 14.7 Å². The largest absolute Gasteiger partial charge is 0.392 e. The van der Waals surface area contributed by atoms with Gasteiger partial charge < -0.3 is 14.4 Å². The number of carbonyl (C=O) groups is 1. The van der Waals surface area contributed by atoms with Crippen LogP contribution in [-0.2, 0) is 32.7 Å². The third kappa shape index (κ3) is 7.57. The van der Waals surface area contributed by atoms with Gasteiger partial charge in [-0.1, -0.05) is 99.0 Å². The molecule has 13 heteroatoms. The van der Waals surface area contributed by atoms with Gasteiger partial charge in [-0.05, 0) is 55.0 Å². The molecule has 1 fully saturated rings. The van der Waals surface area contributed by atoms with E-state index in [2.05, 4.69) is 31.7 Å². The van der Waals surface area contributed by atoms with Crippen molar-refractivity contribution in [1.82, 2.24) is 10.1 Å². The van der Waals surface area contributed by atoms with Crippen LogP contribution < -0.4 is 4.31 Å². The molecule has 1 N–H and O–H groups in total. The van der Waals surface area contributed by atoms with Crippen molar-refractivity contribution in [3.63, 3.8) is 0 Å². The van der Waals surface area contributed by atoms with Crippen LogP contribution in [0, 0.1) is 6.92 Å². The number of halogens is 1. The molecule has 48 heavy (non-hydrogen) atoms. The van der Waals surface area contributed by atoms with E-state index in [0.717, 1.165) is 66.7 Å². The number of aliphatic hydroxyl groups excluding tert-OH is 1. The van der Waals surface area contributed by atoms with Crippen LogP contribution in [0.1, 0.15) is 68.8 Å². The van der Waals surface area contributed by atoms with Crippen LogP contribution in [-0.4, -0.2) is 62.3 Å². The second-order valence-electron chi connectivity index (χ2n) is 14.0. The van der Waals surface area contributed by atoms with Gasteiger partial charge in [0.05, 0.1) is 18.0 Å². The number of anilines is 1. The van der Waals surface area contributed by atoms with Gasteiger partial charge >= 0.3 is 0 Å². The normalized spacial score (nSPS) is 16.3. The molecule has 5 rings (SSSR count). The van der Waals surface area contributed by atoms with Gasteiger partial charge in [-0.25, -0.2) is 12.7 Å². The van der Waals surface area contributed by atoms with Crippen molar-refractivity contribution in [2.75, 3.05) is 17.6 Å². The predicted molar refractivity (Wildman–Crippen MR) is 191 cm³/mol. The quantitative estimate of drug-likeness (QED) is 0.0979. The van der Waals surface area contributed by atoms with Crippen molar-refractivity contribution in [3.05, 3.63) is 64.4 Å². The van der Waals surface area contributed by atoms with Crippen LogP contribution in [0.3, 0.4) is 0 Å². The third-order valence-corrected chi connectivity index (χ3v) is 13.0. The topological polar surface area (TPSA) is 126 Å². The number of hydrogen-bond donors (Lipinski definition) is 1. The van der Waals surface area contributed by atoms with Crippen LogP contribution in [0.25, 0.3) is 11.1 Å². The Bertz CT molecular complexity index is 1760. The lowest BCUT2D eigenvalue weighted by Crippen LogP contribution is -2.40. The zero-order chi connectivity index (χ0) is 34.7. The fourth-order valence-corrected chi connectivity index (χ4v) is 8.81. The molecule has 1 aromatic heterocycles. The summed E-state index contributed by atoms with van der Waals surface area (Å²) in [6, 6.07) is 13.0. The number of sulfonamides is 1. The molecule has 0 bridgehead atoms. The smallest absolute Gasteiger partial charge is 0.268 e. The summed E-state index contributed by atoms with van der Waals surface area (Å²) in [7, 11) is -5.72. The van der Waals surface area contributed by atoms with Gasteiger partial charge in [0.2, 0.25) is 5.82 Å². The molecule has 10 nitrogen and oxygen atoms in total. The average Bonchev–Trinajstić information content (AvgIpc) is 3.74. The number of rotatable bonds is 15. The number of hydrogen-bond acceptors (Lipinski definition) is 8. The number of aryl methyl sites for hydroxylation is 1. The number of aromatic nitrogens is 1. The minimum absolute atomic E-state index is 0.00449. The minimum Gasteiger partial charge on any atom is -0.392 e. The number of amidine groups is 1. The molecule has 0 radical (unpaired) electrons. The van der Waals surface area contributed by atoms with E-state index in [1.54, 1.807) is 25.1 Å². The Labute approximate surface area is 290 Å². The second kappa shape index (κ2) is 14.8. The summed E-state index contributed by atoms with van der Waals surface area (Å²) in [5.41, 5.74) is 1.70. The second-order valence-corrected chi connectivity index (χ2v) is 21.8. The summed E-state index contributed by atoms with van der Waals surface area (Å²) < 4.78 is 41.1. The first kappa shape index (κ1) is 36.3. The number of unbranched alkanes of at least 4 members (excludes halogenated alkanes) is 1. The van der Waals surface area contributed by atoms with Gasteiger partial charge in [0.15, 0.2) is 5.76 Å². The molecule has 1 amide bonds. The molecule has 1 saturated carbocycles. The molecule has 0 saturated heterocycles. The summed E-state index contributed by atoms with van der Waals surface area (Å²) in [5, 5.41) is 14.6. The highest BCUT2D eigenvalue weighted by Gasteiger charge is 2.49. The summed E-state index contributed by atoms with van der Waals surface area (Å²) in [5.74, 6) is 1.14. The number of carbonyl (C=O) groups excluding carboxylic acids is 1. The minimum atomic E-state index is -4.29. The molecular formula is C35H47ClN4O6SSi. The lowest BCUT2D eigenvalue weighted by molar-refractivity contribution is -0.131. The van der Waals surface area contributed by atoms with E-state index in [0.29, 0.717) is 35.6 Å². The number of nitrogens with zero attached hydrogens (tertiary/aromatic N) is 4. The first-order chi connectivity index (χ1) is 22.8. The standard InChI is InChI=1S/C35H47ClN4O6SSi/c1-6-7-14-31-37-35(17-10-11-18-35)34(42)39(31)22-26-15-16-28(27(21-26)23-41)29-12-8-9-13-30(29)47(43,44)40(24-45-19-20-48(3,4)5)33-32(36)25(2)46-38-33/h8-9,12-13,15-16,21,41H,6-7,10-11,14,17-20,22-24H2,1-5H3. The molecule has 1 aliphatic heterocycles. The fraction of sp³-hybridized carbons (Fsp3) is 0.514. The number of aliphatic imine (C=N–C) groups is 1. The van der Waals surface area contributed by atoms with Crippen molar-refractivity contribution < 1.29 is 27.6 Å². The molecule has 260 valence electrons. The zero-order valence-electron chi connectivity index (χ0n) is 28.6. The van der Waals surface area contributed by atoms with Crippen LogP contribution in [0.5, 0.6) is 0 Å². The van der Waals surface area contributed by atoms with Gasteiger partial charge in [0, 0.05) is 26.7 Å². The molecule has 2 aliphatic rings. The fourth-order valence-electron chi connectivity index (χ4n) is 6.33. The Balaban J connectivity index is 1.47. The lowest BCUT2D eigenvalue weighted by atomic mass is 9.96. The third-order valence-electron chi connectivity index (χ3n) is 9.12. The Morgan fingerprint density at radius 3 is 2.50 bits per heavy atom. The maximum atomic E-state index is 14.5. The average molecular weight is 715 g/mol. The molecule has 0 atom stereocenters. The van der Waals surface area contributed by atoms with Crippen molar-refractivity contribution >= 4 is 47.3 Å². The van der Waals surface area contributed by atoms with Gasteiger partial charge in [0.1, 0.15) is 23.1 Å². The Kier molecular flexibility index (Phi) is 11.2. The zero-order valence-corrected chi connectivity index (χ0v) is 31.2. The van der Waals surface area contributed by atoms with Crippen LogP contribution in [0.2, 0.25) is 30.7 Å². The number of amides is 1. The molecule has 2 aromatic carbocycles. The number of benzene rings is 2. The molecule has 1 aliphatic carbocycles. The van der Waals surface area contributed by atoms with Crippen molar-refractivity contribution in [2.24, 2.45) is 4.99 Å². The van der Waals surface area contributed by atoms with Gasteiger partial charge in [-0.2, -0.15) is 0 Å². The maximum Gasteiger partial charge on any atom is 0.268 e. The Morgan fingerprint density at radius 1 is 1.12 bits per heavy atom. The number of aliphatic hydroxyl groups is 1. The van der Waals surface area contributed by atoms with Crippen molar-refractivity contribution in [1.29, 1.82) is 0 Å². The highest BCUT2D eigenvalue weighted by Crippen LogP contribution is 2.41. The molecule has 2 heterocycles. The van der Waals surface area contributed by atoms with Crippen LogP contribution in [0.15, 0.2) is 56.9 Å². The van der Waals surface area contributed by atoms with E-state index >= 15 is 0 Å². The van der Waals surface area contributed by atoms with E-state index < -0.39 is 23.6 Å². The molecule has 1 spiro atoms. The summed E-state index contributed by atoms with van der Waals surface area (Å²) in [6.45, 7) is 10.5. The van der Waals surface area contributed by atoms with E-state index in [1.807, 2.05) is 23.1 Å². The summed E-state index contributed by atoms with van der Waals surface area (Å²) in [4.78, 5) is 20.5. The lowest BCUT2D eigenvalue weighted by Gasteiger charge is -2.25. The molecular weight excluding hydrogens is 668 g/mol. The predicted octanol–water partition coefficient (Wildman–Crippen LogP) is 7.55. The van der Waals surface area contributed by atoms with E-state index in [4.69, 9.17) is 25.9 Å². The molecule has 0 unspecified atom stereocenters. The number of ether oxygens (including phenoxy) is 1. The first-order valence-corrected chi connectivity index (χ1v) is 22.3. The van der Waals surface area contributed by atoms with E-state index in [-0.39, 0.29) is 35.0 Å². The van der Waals surface area contributed by atoms with Crippen molar-refractivity contribution in [2.45, 2.75) is 108 Å². The first-order valence-electron chi connectivity index (χ1n) is 16.8. The Morgan fingerprint density at radius 2 is 1.85 bits per heavy atom. The monoisotopic (exact) mass is 714 g/mol. The maximum absolute atomic E-state index is 14.5. The highest BCUT2D eigenvalue weighted by atomic mass is 35.5. The summed E-state index contributed by atoms with van der Waals surface area (Å²) >= 11 is 6.48. The molecule has 3 aromatic rings. The van der Waals surface area contributed by atoms with Crippen LogP contribution >= 0.6 is 11.6 Å². The highest BCUT2D eigenvalue weighted by molar-refractivity contribution is 7.93. The van der Waals surface area contributed by atoms with Crippen LogP contribution in [0.4, 0.5) is 5.82 Å². The Hall–Kier alpha value is -3.03. The SMILES string of the molecule is CCCCC1=NC2(CCCC2)C(=O)N1Cc1ccc(-c2ccccc2S(=O)(=O)N(COCC[Si](C)(C)C)c2noc(C)c2Cl)c(CO)c1. The van der Waals surface area contributed by atoms with Gasteiger partial charge in [-0.15, -0.1) is 0 Å². The van der Waals surface area contributed by atoms with E-state index in [9.17, 15) is 18.3 Å². The summed E-state index contributed by atoms with van der Waals surface area (Å²) in [6.07, 6.45) is 6.26. The van der Waals surface area contributed by atoms with Gasteiger partial charge in [0.25, 0.3) is 15.9 Å². The van der Waals surface area contributed by atoms with Crippen molar-refractivity contribution in [3.8, 4) is 11.1 Å². The van der Waals surface area contributed by atoms with E-state index in [1.165, 1.54) is 6.07 Å².